The molecule has 0 aliphatic carbocycles. The summed E-state index contributed by atoms with van der Waals surface area (Å²) < 4.78 is 2.20. The number of amides is 1. The molecule has 2 fully saturated rings. The van der Waals surface area contributed by atoms with E-state index in [2.05, 4.69) is 49.2 Å². The van der Waals surface area contributed by atoms with Crippen molar-refractivity contribution in [2.24, 2.45) is 0 Å². The van der Waals surface area contributed by atoms with Gasteiger partial charge in [0.25, 0.3) is 0 Å². The van der Waals surface area contributed by atoms with Gasteiger partial charge in [-0.1, -0.05) is 18.2 Å². The molecule has 2 aliphatic heterocycles. The molecular formula is C24H23N7O. The normalized spacial score (nSPS) is 19.8. The Morgan fingerprint density at radius 3 is 2.91 bits per heavy atom. The molecule has 0 spiro atoms. The van der Waals surface area contributed by atoms with E-state index in [4.69, 9.17) is 0 Å². The van der Waals surface area contributed by atoms with Gasteiger partial charge in [-0.25, -0.2) is 9.97 Å². The molecule has 5 heterocycles. The Balaban J connectivity index is 1.44. The first kappa shape index (κ1) is 19.0. The van der Waals surface area contributed by atoms with E-state index in [0.717, 1.165) is 52.6 Å². The minimum absolute atomic E-state index is 0.0880. The Labute approximate surface area is 184 Å². The van der Waals surface area contributed by atoms with E-state index in [-0.39, 0.29) is 11.9 Å². The van der Waals surface area contributed by atoms with E-state index in [1.54, 1.807) is 6.33 Å². The van der Waals surface area contributed by atoms with Gasteiger partial charge in [-0.2, -0.15) is 5.26 Å². The Morgan fingerprint density at radius 2 is 2.09 bits per heavy atom. The van der Waals surface area contributed by atoms with Crippen LogP contribution in [0.3, 0.4) is 0 Å². The molecule has 0 unspecified atom stereocenters. The summed E-state index contributed by atoms with van der Waals surface area (Å²) in [4.78, 5) is 26.9. The Morgan fingerprint density at radius 1 is 1.22 bits per heavy atom. The van der Waals surface area contributed by atoms with E-state index in [1.807, 2.05) is 29.3 Å². The fraction of sp³-hybridized carbons (Fsp3) is 0.333. The lowest BCUT2D eigenvalue weighted by atomic mass is 9.85. The van der Waals surface area contributed by atoms with Gasteiger partial charge >= 0.3 is 0 Å². The number of nitriles is 1. The summed E-state index contributed by atoms with van der Waals surface area (Å²) in [5.41, 5.74) is 3.27. The first-order chi connectivity index (χ1) is 15.7. The third-order valence-corrected chi connectivity index (χ3v) is 6.88. The van der Waals surface area contributed by atoms with Gasteiger partial charge in [-0.3, -0.25) is 4.79 Å². The zero-order valence-electron chi connectivity index (χ0n) is 17.6. The number of aromatic amines is 1. The van der Waals surface area contributed by atoms with Crippen LogP contribution >= 0.6 is 0 Å². The molecule has 3 aromatic heterocycles. The molecule has 32 heavy (non-hydrogen) atoms. The van der Waals surface area contributed by atoms with Crippen LogP contribution in [0.25, 0.3) is 33.2 Å². The molecule has 6 rings (SSSR count). The van der Waals surface area contributed by atoms with Crippen LogP contribution in [0, 0.1) is 11.3 Å². The molecule has 1 atom stereocenters. The van der Waals surface area contributed by atoms with E-state index in [0.29, 0.717) is 19.5 Å². The summed E-state index contributed by atoms with van der Waals surface area (Å²) in [5, 5.41) is 15.0. The van der Waals surface area contributed by atoms with Crippen molar-refractivity contribution < 1.29 is 4.79 Å². The lowest BCUT2D eigenvalue weighted by Gasteiger charge is -2.51. The molecule has 2 saturated heterocycles. The monoisotopic (exact) mass is 425 g/mol. The number of aromatic nitrogens is 4. The molecule has 2 aliphatic rings. The Hall–Kier alpha value is -3.70. The van der Waals surface area contributed by atoms with Gasteiger partial charge < -0.3 is 19.8 Å². The molecular weight excluding hydrogens is 402 g/mol. The fourth-order valence-corrected chi connectivity index (χ4v) is 5.28. The molecule has 1 amide bonds. The van der Waals surface area contributed by atoms with Gasteiger partial charge in [-0.15, -0.1) is 0 Å². The lowest BCUT2D eigenvalue weighted by molar-refractivity contribution is -0.143. The molecule has 8 heteroatoms. The SMILES string of the molecule is N#CCC1(n2cc(-c3ncnc4[nH]ccc34)c3ccccc32)CN(C(=O)[C@H]2CCCN2)C1. The highest BCUT2D eigenvalue weighted by atomic mass is 16.2. The summed E-state index contributed by atoms with van der Waals surface area (Å²) in [5.74, 6) is 0.151. The summed E-state index contributed by atoms with van der Waals surface area (Å²) in [6.07, 6.45) is 7.81. The molecule has 8 nitrogen and oxygen atoms in total. The van der Waals surface area contributed by atoms with Crippen molar-refractivity contribution in [3.8, 4) is 17.3 Å². The number of hydrogen-bond acceptors (Lipinski definition) is 5. The molecule has 2 N–H and O–H groups in total. The van der Waals surface area contributed by atoms with Gasteiger partial charge in [0.15, 0.2) is 0 Å². The number of carbonyl (C=O) groups excluding carboxylic acids is 1. The number of hydrogen-bond donors (Lipinski definition) is 2. The van der Waals surface area contributed by atoms with E-state index < -0.39 is 5.54 Å². The molecule has 1 aromatic carbocycles. The molecule has 160 valence electrons. The van der Waals surface area contributed by atoms with E-state index >= 15 is 0 Å². The minimum Gasteiger partial charge on any atom is -0.346 e. The standard InChI is InChI=1S/C24H23N7O/c25-9-8-24(13-30(14-24)23(32)19-5-3-10-26-19)31-12-18(16-4-1-2-6-20(16)31)21-17-7-11-27-22(17)29-15-28-21/h1-2,4,6-7,11-12,15,19,26H,3,5,8,10,13-14H2,(H,27,28,29)/t19-/m1/s1. The van der Waals surface area contributed by atoms with Crippen LogP contribution in [-0.4, -0.2) is 56.0 Å². The Bertz CT molecular complexity index is 1370. The van der Waals surface area contributed by atoms with Gasteiger partial charge in [0.05, 0.1) is 29.8 Å². The van der Waals surface area contributed by atoms with Gasteiger partial charge in [0.2, 0.25) is 5.91 Å². The number of nitrogens with zero attached hydrogens (tertiary/aromatic N) is 5. The van der Waals surface area contributed by atoms with Crippen molar-refractivity contribution in [3.05, 3.63) is 49.1 Å². The smallest absolute Gasteiger partial charge is 0.239 e. The largest absolute Gasteiger partial charge is 0.346 e. The predicted octanol–water partition coefficient (Wildman–Crippen LogP) is 2.78. The molecule has 4 aromatic rings. The van der Waals surface area contributed by atoms with Crippen LogP contribution in [-0.2, 0) is 10.3 Å². The number of rotatable bonds is 4. The first-order valence-electron chi connectivity index (χ1n) is 11.0. The summed E-state index contributed by atoms with van der Waals surface area (Å²) >= 11 is 0. The maximum Gasteiger partial charge on any atom is 0.239 e. The highest BCUT2D eigenvalue weighted by molar-refractivity contribution is 6.02. The van der Waals surface area contributed by atoms with Crippen LogP contribution in [0.2, 0.25) is 0 Å². The average molecular weight is 425 g/mol. The van der Waals surface area contributed by atoms with Crippen molar-refractivity contribution in [2.75, 3.05) is 19.6 Å². The van der Waals surface area contributed by atoms with Crippen LogP contribution in [0.1, 0.15) is 19.3 Å². The molecule has 0 radical (unpaired) electrons. The predicted molar refractivity (Wildman–Crippen MR) is 121 cm³/mol. The highest BCUT2D eigenvalue weighted by Crippen LogP contribution is 2.41. The number of benzene rings is 1. The van der Waals surface area contributed by atoms with Crippen molar-refractivity contribution in [1.29, 1.82) is 5.26 Å². The van der Waals surface area contributed by atoms with Crippen molar-refractivity contribution in [3.63, 3.8) is 0 Å². The molecule has 0 saturated carbocycles. The minimum atomic E-state index is -0.439. The van der Waals surface area contributed by atoms with Crippen molar-refractivity contribution in [2.45, 2.75) is 30.8 Å². The van der Waals surface area contributed by atoms with Crippen LogP contribution < -0.4 is 5.32 Å². The average Bonchev–Trinajstić information content (AvgIpc) is 3.55. The first-order valence-corrected chi connectivity index (χ1v) is 11.0. The second-order valence-electron chi connectivity index (χ2n) is 8.79. The maximum absolute atomic E-state index is 12.9. The van der Waals surface area contributed by atoms with Crippen molar-refractivity contribution >= 4 is 27.8 Å². The number of nitrogens with one attached hydrogen (secondary N) is 2. The maximum atomic E-state index is 12.9. The zero-order chi connectivity index (χ0) is 21.7. The lowest BCUT2D eigenvalue weighted by Crippen LogP contribution is -2.66. The van der Waals surface area contributed by atoms with Gasteiger partial charge in [0.1, 0.15) is 12.0 Å². The van der Waals surface area contributed by atoms with E-state index in [1.165, 1.54) is 0 Å². The summed E-state index contributed by atoms with van der Waals surface area (Å²) in [6.45, 7) is 1.98. The van der Waals surface area contributed by atoms with Gasteiger partial charge in [-0.05, 0) is 31.5 Å². The number of para-hydroxylation sites is 1. The molecule has 0 bridgehead atoms. The third kappa shape index (κ3) is 2.75. The zero-order valence-corrected chi connectivity index (χ0v) is 17.6. The van der Waals surface area contributed by atoms with Gasteiger partial charge in [0, 0.05) is 47.3 Å². The van der Waals surface area contributed by atoms with Crippen LogP contribution in [0.4, 0.5) is 0 Å². The van der Waals surface area contributed by atoms with E-state index in [9.17, 15) is 10.1 Å². The summed E-state index contributed by atoms with van der Waals surface area (Å²) in [6, 6.07) is 12.5. The van der Waals surface area contributed by atoms with Crippen molar-refractivity contribution in [1.82, 2.24) is 29.7 Å². The highest BCUT2D eigenvalue weighted by Gasteiger charge is 2.48. The second kappa shape index (κ2) is 7.18. The van der Waals surface area contributed by atoms with Crippen LogP contribution in [0.5, 0.6) is 0 Å². The Kier molecular flexibility index (Phi) is 4.26. The number of carbonyl (C=O) groups is 1. The number of fused-ring (bicyclic) bond motifs is 2. The quantitative estimate of drug-likeness (QED) is 0.523. The second-order valence-corrected chi connectivity index (χ2v) is 8.79. The fourth-order valence-electron chi connectivity index (χ4n) is 5.28. The number of H-pyrrole nitrogens is 1. The topological polar surface area (TPSA) is 103 Å². The summed E-state index contributed by atoms with van der Waals surface area (Å²) in [7, 11) is 0. The third-order valence-electron chi connectivity index (χ3n) is 6.88. The number of likely N-dealkylation sites (tertiary alicyclic amines) is 1. The van der Waals surface area contributed by atoms with Crippen LogP contribution in [0.15, 0.2) is 49.1 Å².